The van der Waals surface area contributed by atoms with E-state index < -0.39 is 5.54 Å². The van der Waals surface area contributed by atoms with Gasteiger partial charge < -0.3 is 9.64 Å². The lowest BCUT2D eigenvalue weighted by atomic mass is 10.0. The number of halogens is 1. The number of rotatable bonds is 5. The van der Waals surface area contributed by atoms with Gasteiger partial charge in [-0.3, -0.25) is 4.79 Å². The molecule has 26 heavy (non-hydrogen) atoms. The van der Waals surface area contributed by atoms with E-state index in [9.17, 15) is 9.59 Å². The first-order valence-corrected chi connectivity index (χ1v) is 9.14. The zero-order valence-electron chi connectivity index (χ0n) is 14.9. The Labute approximate surface area is 160 Å². The maximum Gasteiger partial charge on any atom is 0.332 e. The van der Waals surface area contributed by atoms with Crippen molar-refractivity contribution in [3.8, 4) is 5.88 Å². The Bertz CT molecular complexity index is 853. The lowest BCUT2D eigenvalue weighted by Gasteiger charge is -2.28. The van der Waals surface area contributed by atoms with Crippen LogP contribution < -0.4 is 9.64 Å². The first-order chi connectivity index (χ1) is 12.4. The van der Waals surface area contributed by atoms with E-state index in [0.717, 1.165) is 10.0 Å². The lowest BCUT2D eigenvalue weighted by molar-refractivity contribution is -0.123. The fraction of sp³-hybridized carbons (Fsp3) is 0.316. The number of nitrogens with zero attached hydrogens (tertiary/aromatic N) is 3. The number of hydrogen-bond donors (Lipinski definition) is 0. The summed E-state index contributed by atoms with van der Waals surface area (Å²) in [5.74, 6) is 0.107. The number of imide groups is 1. The van der Waals surface area contributed by atoms with Crippen LogP contribution in [-0.4, -0.2) is 34.0 Å². The number of carbonyl (C=O) groups excluding carboxylic acids is 2. The van der Waals surface area contributed by atoms with Crippen LogP contribution in [0.2, 0.25) is 0 Å². The van der Waals surface area contributed by atoms with Gasteiger partial charge >= 0.3 is 6.03 Å². The Morgan fingerprint density at radius 3 is 2.62 bits per heavy atom. The molecule has 0 spiro atoms. The molecule has 0 aliphatic carbocycles. The van der Waals surface area contributed by atoms with Crippen LogP contribution in [0, 0.1) is 0 Å². The Hall–Kier alpha value is -2.41. The molecule has 6 nitrogen and oxygen atoms in total. The van der Waals surface area contributed by atoms with E-state index in [1.54, 1.807) is 30.9 Å². The molecule has 1 fully saturated rings. The first kappa shape index (κ1) is 18.4. The smallest absolute Gasteiger partial charge is 0.332 e. The van der Waals surface area contributed by atoms with Crippen LogP contribution in [-0.2, 0) is 11.3 Å². The Morgan fingerprint density at radius 1 is 1.19 bits per heavy atom. The summed E-state index contributed by atoms with van der Waals surface area (Å²) in [5, 5.41) is 0. The molecule has 0 unspecified atom stereocenters. The molecule has 7 heteroatoms. The summed E-state index contributed by atoms with van der Waals surface area (Å²) < 4.78 is 6.29. The second-order valence-corrected chi connectivity index (χ2v) is 7.30. The summed E-state index contributed by atoms with van der Waals surface area (Å²) in [6.45, 7) is 6.16. The predicted octanol–water partition coefficient (Wildman–Crippen LogP) is 3.99. The summed E-state index contributed by atoms with van der Waals surface area (Å²) >= 11 is 3.50. The van der Waals surface area contributed by atoms with Crippen molar-refractivity contribution in [2.24, 2.45) is 0 Å². The van der Waals surface area contributed by atoms with Crippen LogP contribution in [0.4, 0.5) is 10.5 Å². The van der Waals surface area contributed by atoms with Gasteiger partial charge in [0.25, 0.3) is 5.91 Å². The van der Waals surface area contributed by atoms with Crippen LogP contribution in [0.25, 0.3) is 0 Å². The fourth-order valence-electron chi connectivity index (χ4n) is 2.89. The van der Waals surface area contributed by atoms with E-state index in [0.29, 0.717) is 24.7 Å². The van der Waals surface area contributed by atoms with Crippen molar-refractivity contribution < 1.29 is 14.3 Å². The van der Waals surface area contributed by atoms with Crippen molar-refractivity contribution in [3.63, 3.8) is 0 Å². The molecule has 1 saturated heterocycles. The topological polar surface area (TPSA) is 62.7 Å². The molecule has 0 bridgehead atoms. The highest BCUT2D eigenvalue weighted by molar-refractivity contribution is 9.10. The van der Waals surface area contributed by atoms with E-state index in [1.165, 1.54) is 11.1 Å². The molecule has 1 aliphatic rings. The van der Waals surface area contributed by atoms with Crippen molar-refractivity contribution in [1.82, 2.24) is 9.88 Å². The molecule has 0 N–H and O–H groups in total. The SMILES string of the molecule is CCOc1cc(N2C(=O)N(Cc3ccccc3Br)C(C)(C)C2=O)ccn1. The summed E-state index contributed by atoms with van der Waals surface area (Å²) in [4.78, 5) is 32.9. The maximum absolute atomic E-state index is 13.1. The second-order valence-electron chi connectivity index (χ2n) is 6.44. The fourth-order valence-corrected chi connectivity index (χ4v) is 3.30. The summed E-state index contributed by atoms with van der Waals surface area (Å²) in [6, 6.07) is 10.6. The third kappa shape index (κ3) is 3.19. The largest absolute Gasteiger partial charge is 0.478 e. The molecule has 0 saturated carbocycles. The molecule has 0 radical (unpaired) electrons. The third-order valence-electron chi connectivity index (χ3n) is 4.38. The van der Waals surface area contributed by atoms with Crippen LogP contribution in [0.3, 0.4) is 0 Å². The number of amides is 3. The van der Waals surface area contributed by atoms with E-state index in [1.807, 2.05) is 31.2 Å². The zero-order chi connectivity index (χ0) is 18.9. The minimum atomic E-state index is -0.957. The van der Waals surface area contributed by atoms with Gasteiger partial charge in [0, 0.05) is 23.3 Å². The Kier molecular flexibility index (Phi) is 5.00. The average Bonchev–Trinajstić information content (AvgIpc) is 2.77. The van der Waals surface area contributed by atoms with Gasteiger partial charge in [0.1, 0.15) is 5.54 Å². The van der Waals surface area contributed by atoms with Gasteiger partial charge in [-0.05, 0) is 38.5 Å². The molecule has 136 valence electrons. The van der Waals surface area contributed by atoms with E-state index in [4.69, 9.17) is 4.74 Å². The number of ether oxygens (including phenoxy) is 1. The van der Waals surface area contributed by atoms with Gasteiger partial charge in [-0.1, -0.05) is 34.1 Å². The van der Waals surface area contributed by atoms with E-state index in [2.05, 4.69) is 20.9 Å². The number of pyridine rings is 1. The van der Waals surface area contributed by atoms with Crippen LogP contribution in [0.15, 0.2) is 47.1 Å². The molecule has 3 amide bonds. The van der Waals surface area contributed by atoms with Crippen molar-refractivity contribution in [2.75, 3.05) is 11.5 Å². The van der Waals surface area contributed by atoms with Crippen molar-refractivity contribution in [2.45, 2.75) is 32.9 Å². The summed E-state index contributed by atoms with van der Waals surface area (Å²) in [6.07, 6.45) is 1.53. The number of hydrogen-bond acceptors (Lipinski definition) is 4. The molecule has 2 heterocycles. The highest BCUT2D eigenvalue weighted by atomic mass is 79.9. The zero-order valence-corrected chi connectivity index (χ0v) is 16.5. The normalized spacial score (nSPS) is 16.3. The van der Waals surface area contributed by atoms with Gasteiger partial charge in [-0.25, -0.2) is 14.7 Å². The first-order valence-electron chi connectivity index (χ1n) is 8.34. The molecule has 2 aromatic rings. The van der Waals surface area contributed by atoms with Gasteiger partial charge in [0.15, 0.2) is 0 Å². The number of urea groups is 1. The minimum Gasteiger partial charge on any atom is -0.478 e. The van der Waals surface area contributed by atoms with Crippen molar-refractivity contribution in [1.29, 1.82) is 0 Å². The highest BCUT2D eigenvalue weighted by Crippen LogP contribution is 2.34. The van der Waals surface area contributed by atoms with Crippen LogP contribution >= 0.6 is 15.9 Å². The highest BCUT2D eigenvalue weighted by Gasteiger charge is 2.51. The second kappa shape index (κ2) is 7.07. The van der Waals surface area contributed by atoms with Gasteiger partial charge in [-0.15, -0.1) is 0 Å². The molecule has 3 rings (SSSR count). The quantitative estimate of drug-likeness (QED) is 0.689. The van der Waals surface area contributed by atoms with Crippen LogP contribution in [0.1, 0.15) is 26.3 Å². The molecular weight excluding hydrogens is 398 g/mol. The lowest BCUT2D eigenvalue weighted by Crippen LogP contribution is -2.43. The summed E-state index contributed by atoms with van der Waals surface area (Å²) in [5.41, 5.74) is 0.441. The third-order valence-corrected chi connectivity index (χ3v) is 5.15. The Morgan fingerprint density at radius 2 is 1.92 bits per heavy atom. The van der Waals surface area contributed by atoms with E-state index >= 15 is 0 Å². The molecule has 1 aromatic carbocycles. The van der Waals surface area contributed by atoms with Gasteiger partial charge in [0.2, 0.25) is 5.88 Å². The summed E-state index contributed by atoms with van der Waals surface area (Å²) in [7, 11) is 0. The van der Waals surface area contributed by atoms with E-state index in [-0.39, 0.29) is 11.9 Å². The predicted molar refractivity (Wildman–Crippen MR) is 102 cm³/mol. The standard InChI is InChI=1S/C19H20BrN3O3/c1-4-26-16-11-14(9-10-21-16)23-17(24)19(2,3)22(18(23)25)12-13-7-5-6-8-15(13)20/h5-11H,4,12H2,1-3H3. The van der Waals surface area contributed by atoms with Crippen molar-refractivity contribution in [3.05, 3.63) is 52.6 Å². The minimum absolute atomic E-state index is 0.275. The molecule has 1 aromatic heterocycles. The monoisotopic (exact) mass is 417 g/mol. The number of benzene rings is 1. The molecular formula is C19H20BrN3O3. The van der Waals surface area contributed by atoms with Gasteiger partial charge in [0.05, 0.1) is 12.3 Å². The maximum atomic E-state index is 13.1. The van der Waals surface area contributed by atoms with Crippen LogP contribution in [0.5, 0.6) is 5.88 Å². The van der Waals surface area contributed by atoms with Crippen molar-refractivity contribution >= 4 is 33.6 Å². The average molecular weight is 418 g/mol. The van der Waals surface area contributed by atoms with Gasteiger partial charge in [-0.2, -0.15) is 0 Å². The Balaban J connectivity index is 1.95. The molecule has 1 aliphatic heterocycles. The number of carbonyl (C=O) groups is 2. The molecule has 0 atom stereocenters. The number of anilines is 1. The number of aromatic nitrogens is 1.